The zero-order valence-electron chi connectivity index (χ0n) is 12.6. The van der Waals surface area contributed by atoms with Crippen molar-refractivity contribution in [1.82, 2.24) is 14.4 Å². The number of methoxy groups -OCH3 is 2. The Hall–Kier alpha value is -2.96. The lowest BCUT2D eigenvalue weighted by molar-refractivity contribution is 0.356. The van der Waals surface area contributed by atoms with Gasteiger partial charge in [0, 0.05) is 6.20 Å². The maximum absolute atomic E-state index is 5.91. The fraction of sp³-hybridized carbons (Fsp3) is 0.200. The first-order valence-corrected chi connectivity index (χ1v) is 6.72. The number of ether oxygens (including phenoxy) is 2. The van der Waals surface area contributed by atoms with Gasteiger partial charge in [-0.1, -0.05) is 6.07 Å². The van der Waals surface area contributed by atoms with Crippen LogP contribution in [-0.2, 0) is 0 Å². The van der Waals surface area contributed by atoms with E-state index < -0.39 is 0 Å². The SMILES string of the molecule is COc1cccc(Nc2nc(C)cn3c(N)cnc23)c1OC. The van der Waals surface area contributed by atoms with Crippen LogP contribution in [-0.4, -0.2) is 28.6 Å². The third kappa shape index (κ3) is 2.26. The number of nitrogens with one attached hydrogen (secondary N) is 1. The molecule has 3 rings (SSSR count). The Balaban J connectivity index is 2.11. The molecule has 114 valence electrons. The molecule has 0 saturated carbocycles. The quantitative estimate of drug-likeness (QED) is 0.769. The fourth-order valence-electron chi connectivity index (χ4n) is 2.32. The zero-order valence-corrected chi connectivity index (χ0v) is 12.6. The number of para-hydroxylation sites is 1. The van der Waals surface area contributed by atoms with Gasteiger partial charge in [0.05, 0.1) is 31.8 Å². The monoisotopic (exact) mass is 299 g/mol. The van der Waals surface area contributed by atoms with Crippen LogP contribution in [0.1, 0.15) is 5.69 Å². The number of rotatable bonds is 4. The Morgan fingerprint density at radius 1 is 1.23 bits per heavy atom. The molecule has 3 N–H and O–H groups in total. The van der Waals surface area contributed by atoms with Crippen LogP contribution >= 0.6 is 0 Å². The van der Waals surface area contributed by atoms with Gasteiger partial charge in [0.25, 0.3) is 0 Å². The lowest BCUT2D eigenvalue weighted by atomic mass is 10.2. The Kier molecular flexibility index (Phi) is 3.46. The number of nitrogen functional groups attached to an aromatic ring is 1. The number of fused-ring (bicyclic) bond motifs is 1. The number of nitrogens with zero attached hydrogens (tertiary/aromatic N) is 3. The molecule has 0 aliphatic rings. The van der Waals surface area contributed by atoms with Crippen molar-refractivity contribution in [2.75, 3.05) is 25.3 Å². The number of benzene rings is 1. The van der Waals surface area contributed by atoms with E-state index in [1.165, 1.54) is 0 Å². The number of hydrogen-bond donors (Lipinski definition) is 2. The van der Waals surface area contributed by atoms with Crippen molar-refractivity contribution < 1.29 is 9.47 Å². The standard InChI is InChI=1S/C15H17N5O2/c1-9-8-20-12(16)7-17-15(20)14(18-9)19-10-5-4-6-11(21-2)13(10)22-3/h4-8H,16H2,1-3H3,(H,18,19). The third-order valence-corrected chi connectivity index (χ3v) is 3.30. The van der Waals surface area contributed by atoms with Crippen LogP contribution in [0, 0.1) is 6.92 Å². The number of aromatic nitrogens is 3. The predicted octanol–water partition coefficient (Wildman–Crippen LogP) is 2.38. The van der Waals surface area contributed by atoms with Crippen molar-refractivity contribution >= 4 is 23.0 Å². The molecular weight excluding hydrogens is 282 g/mol. The van der Waals surface area contributed by atoms with Gasteiger partial charge in [-0.2, -0.15) is 0 Å². The largest absolute Gasteiger partial charge is 0.493 e. The average Bonchev–Trinajstić information content (AvgIpc) is 2.88. The molecule has 0 bridgehead atoms. The number of imidazole rings is 1. The second kappa shape index (κ2) is 5.44. The first-order chi connectivity index (χ1) is 10.6. The van der Waals surface area contributed by atoms with Crippen molar-refractivity contribution in [1.29, 1.82) is 0 Å². The summed E-state index contributed by atoms with van der Waals surface area (Å²) in [5.41, 5.74) is 8.12. The minimum atomic E-state index is 0.557. The highest BCUT2D eigenvalue weighted by atomic mass is 16.5. The number of hydrogen-bond acceptors (Lipinski definition) is 6. The van der Waals surface area contributed by atoms with Crippen molar-refractivity contribution in [2.45, 2.75) is 6.92 Å². The van der Waals surface area contributed by atoms with Gasteiger partial charge in [0.15, 0.2) is 23.0 Å². The summed E-state index contributed by atoms with van der Waals surface area (Å²) in [5.74, 6) is 2.40. The topological polar surface area (TPSA) is 86.7 Å². The van der Waals surface area contributed by atoms with E-state index in [1.807, 2.05) is 31.3 Å². The van der Waals surface area contributed by atoms with Crippen molar-refractivity contribution in [3.63, 3.8) is 0 Å². The first kappa shape index (κ1) is 14.0. The van der Waals surface area contributed by atoms with E-state index in [9.17, 15) is 0 Å². The van der Waals surface area contributed by atoms with Gasteiger partial charge in [0.2, 0.25) is 0 Å². The third-order valence-electron chi connectivity index (χ3n) is 3.30. The molecule has 22 heavy (non-hydrogen) atoms. The summed E-state index contributed by atoms with van der Waals surface area (Å²) in [6.45, 7) is 1.90. The second-order valence-electron chi connectivity index (χ2n) is 4.77. The zero-order chi connectivity index (χ0) is 15.7. The molecular formula is C15H17N5O2. The minimum absolute atomic E-state index is 0.557. The van der Waals surface area contributed by atoms with E-state index in [0.29, 0.717) is 28.8 Å². The molecule has 0 aliphatic heterocycles. The van der Waals surface area contributed by atoms with E-state index >= 15 is 0 Å². The summed E-state index contributed by atoms with van der Waals surface area (Å²) in [4.78, 5) is 8.79. The molecule has 1 aromatic carbocycles. The van der Waals surface area contributed by atoms with Crippen LogP contribution < -0.4 is 20.5 Å². The second-order valence-corrected chi connectivity index (χ2v) is 4.77. The molecule has 0 aliphatic carbocycles. The summed E-state index contributed by atoms with van der Waals surface area (Å²) in [7, 11) is 3.19. The summed E-state index contributed by atoms with van der Waals surface area (Å²) in [6, 6.07) is 5.58. The van der Waals surface area contributed by atoms with E-state index in [2.05, 4.69) is 15.3 Å². The highest BCUT2D eigenvalue weighted by Gasteiger charge is 2.13. The van der Waals surface area contributed by atoms with E-state index in [1.54, 1.807) is 24.8 Å². The van der Waals surface area contributed by atoms with Crippen molar-refractivity contribution in [3.8, 4) is 11.5 Å². The van der Waals surface area contributed by atoms with Gasteiger partial charge in [0.1, 0.15) is 5.82 Å². The Morgan fingerprint density at radius 3 is 2.77 bits per heavy atom. The number of aryl methyl sites for hydroxylation is 1. The molecule has 3 aromatic rings. The van der Waals surface area contributed by atoms with Crippen molar-refractivity contribution in [2.24, 2.45) is 0 Å². The Labute approximate surface area is 127 Å². The molecule has 0 amide bonds. The highest BCUT2D eigenvalue weighted by Crippen LogP contribution is 2.36. The molecule has 0 saturated heterocycles. The minimum Gasteiger partial charge on any atom is -0.493 e. The molecule has 0 unspecified atom stereocenters. The van der Waals surface area contributed by atoms with Crippen LogP contribution in [0.2, 0.25) is 0 Å². The fourth-order valence-corrected chi connectivity index (χ4v) is 2.32. The molecule has 2 aromatic heterocycles. The maximum atomic E-state index is 5.91. The molecule has 7 heteroatoms. The molecule has 0 atom stereocenters. The van der Waals surface area contributed by atoms with Crippen LogP contribution in [0.25, 0.3) is 5.65 Å². The summed E-state index contributed by atoms with van der Waals surface area (Å²) in [5, 5.41) is 3.24. The molecule has 0 radical (unpaired) electrons. The van der Waals surface area contributed by atoms with Gasteiger partial charge < -0.3 is 20.5 Å². The Bertz CT molecular complexity index is 828. The van der Waals surface area contributed by atoms with Crippen LogP contribution in [0.4, 0.5) is 17.3 Å². The molecule has 0 fully saturated rings. The lowest BCUT2D eigenvalue weighted by Gasteiger charge is -2.14. The maximum Gasteiger partial charge on any atom is 0.184 e. The van der Waals surface area contributed by atoms with Crippen LogP contribution in [0.15, 0.2) is 30.6 Å². The lowest BCUT2D eigenvalue weighted by Crippen LogP contribution is -2.03. The van der Waals surface area contributed by atoms with Crippen molar-refractivity contribution in [3.05, 3.63) is 36.3 Å². The average molecular weight is 299 g/mol. The van der Waals surface area contributed by atoms with Gasteiger partial charge in [-0.3, -0.25) is 4.40 Å². The van der Waals surface area contributed by atoms with Gasteiger partial charge >= 0.3 is 0 Å². The molecule has 2 heterocycles. The smallest absolute Gasteiger partial charge is 0.184 e. The van der Waals surface area contributed by atoms with Gasteiger partial charge in [-0.15, -0.1) is 0 Å². The number of anilines is 3. The Morgan fingerprint density at radius 2 is 2.05 bits per heavy atom. The summed E-state index contributed by atoms with van der Waals surface area (Å²) < 4.78 is 12.5. The highest BCUT2D eigenvalue weighted by molar-refractivity contribution is 5.76. The van der Waals surface area contributed by atoms with Gasteiger partial charge in [-0.05, 0) is 19.1 Å². The first-order valence-electron chi connectivity index (χ1n) is 6.72. The number of nitrogens with two attached hydrogens (primary N) is 1. The summed E-state index contributed by atoms with van der Waals surface area (Å²) in [6.07, 6.45) is 3.44. The van der Waals surface area contributed by atoms with E-state index in [0.717, 1.165) is 11.4 Å². The normalized spacial score (nSPS) is 10.7. The molecule has 7 nitrogen and oxygen atoms in total. The van der Waals surface area contributed by atoms with Crippen LogP contribution in [0.5, 0.6) is 11.5 Å². The van der Waals surface area contributed by atoms with E-state index in [4.69, 9.17) is 15.2 Å². The summed E-state index contributed by atoms with van der Waals surface area (Å²) >= 11 is 0. The van der Waals surface area contributed by atoms with Gasteiger partial charge in [-0.25, -0.2) is 9.97 Å². The van der Waals surface area contributed by atoms with E-state index in [-0.39, 0.29) is 0 Å². The van der Waals surface area contributed by atoms with Crippen LogP contribution in [0.3, 0.4) is 0 Å². The molecule has 0 spiro atoms. The predicted molar refractivity (Wildman–Crippen MR) is 85.0 cm³/mol.